The number of carboxylic acid groups (broad SMARTS) is 1. The number of aliphatic hydroxyl groups excluding tert-OH is 1. The van der Waals surface area contributed by atoms with Gasteiger partial charge in [-0.2, -0.15) is 0 Å². The number of benzene rings is 2. The topological polar surface area (TPSA) is 57.5 Å². The summed E-state index contributed by atoms with van der Waals surface area (Å²) in [4.78, 5) is 10.2. The van der Waals surface area contributed by atoms with Crippen molar-refractivity contribution < 1.29 is 32.6 Å². The molecule has 0 spiro atoms. The Hall–Kier alpha value is -2.41. The molecule has 0 unspecified atom stereocenters. The van der Waals surface area contributed by atoms with E-state index in [9.17, 15) is 22.4 Å². The van der Waals surface area contributed by atoms with E-state index in [-0.39, 0.29) is 25.0 Å². The molecule has 3 nitrogen and oxygen atoms in total. The van der Waals surface area contributed by atoms with Crippen molar-refractivity contribution in [3.05, 3.63) is 70.8 Å². The summed E-state index contributed by atoms with van der Waals surface area (Å²) < 4.78 is 50.5. The predicted molar refractivity (Wildman–Crippen MR) is 84.1 cm³/mol. The first-order valence-electron chi connectivity index (χ1n) is 7.54. The number of halogens is 4. The van der Waals surface area contributed by atoms with Gasteiger partial charge in [0.25, 0.3) is 0 Å². The number of hydrogen-bond donors (Lipinski definition) is 2. The van der Waals surface area contributed by atoms with Crippen LogP contribution in [0.5, 0.6) is 0 Å². The van der Waals surface area contributed by atoms with Gasteiger partial charge in [0.15, 0.2) is 0 Å². The fourth-order valence-corrected chi connectivity index (χ4v) is 1.96. The fourth-order valence-electron chi connectivity index (χ4n) is 1.96. The lowest BCUT2D eigenvalue weighted by Gasteiger charge is -2.00. The van der Waals surface area contributed by atoms with Crippen LogP contribution < -0.4 is 0 Å². The van der Waals surface area contributed by atoms with Crippen LogP contribution in [0, 0.1) is 23.3 Å². The smallest absolute Gasteiger partial charge is 0.303 e. The maximum Gasteiger partial charge on any atom is 0.303 e. The van der Waals surface area contributed by atoms with Crippen molar-refractivity contribution in [1.82, 2.24) is 0 Å². The second kappa shape index (κ2) is 10.5. The molecule has 2 N–H and O–H groups in total. The molecule has 0 saturated heterocycles. The van der Waals surface area contributed by atoms with Crippen LogP contribution in [-0.2, 0) is 17.6 Å². The minimum Gasteiger partial charge on any atom is -0.481 e. The van der Waals surface area contributed by atoms with E-state index in [0.29, 0.717) is 18.4 Å². The molecular formula is C18H18F4O3. The van der Waals surface area contributed by atoms with Gasteiger partial charge in [0, 0.05) is 25.2 Å². The Kier molecular flexibility index (Phi) is 8.63. The Bertz CT molecular complexity index is 705. The van der Waals surface area contributed by atoms with E-state index in [1.54, 1.807) is 0 Å². The van der Waals surface area contributed by atoms with E-state index in [4.69, 9.17) is 10.2 Å². The molecule has 0 saturated carbocycles. The minimum absolute atomic E-state index is 0.0246. The van der Waals surface area contributed by atoms with Gasteiger partial charge in [-0.3, -0.25) is 4.79 Å². The highest BCUT2D eigenvalue weighted by molar-refractivity contribution is 5.67. The van der Waals surface area contributed by atoms with Crippen molar-refractivity contribution in [3.63, 3.8) is 0 Å². The molecule has 2 aromatic carbocycles. The lowest BCUT2D eigenvalue weighted by atomic mass is 10.1. The lowest BCUT2D eigenvalue weighted by Crippen LogP contribution is -1.99. The summed E-state index contributed by atoms with van der Waals surface area (Å²) in [6.45, 7) is 0.0246. The second-order valence-corrected chi connectivity index (χ2v) is 5.19. The summed E-state index contributed by atoms with van der Waals surface area (Å²) in [5.41, 5.74) is 0.675. The number of aliphatic carboxylic acids is 1. The summed E-state index contributed by atoms with van der Waals surface area (Å²) in [6.07, 6.45) is 0.884. The Morgan fingerprint density at radius 1 is 0.840 bits per heavy atom. The fraction of sp³-hybridized carbons (Fsp3) is 0.278. The Morgan fingerprint density at radius 3 is 1.72 bits per heavy atom. The molecule has 0 radical (unpaired) electrons. The molecule has 0 aromatic heterocycles. The van der Waals surface area contributed by atoms with Crippen LogP contribution in [0.25, 0.3) is 0 Å². The maximum atomic E-state index is 12.9. The Balaban J connectivity index is 0.000000251. The highest BCUT2D eigenvalue weighted by Gasteiger charge is 2.05. The molecule has 136 valence electrons. The van der Waals surface area contributed by atoms with E-state index >= 15 is 0 Å². The molecule has 7 heteroatoms. The van der Waals surface area contributed by atoms with Gasteiger partial charge in [0.05, 0.1) is 0 Å². The third kappa shape index (κ3) is 7.80. The van der Waals surface area contributed by atoms with Crippen molar-refractivity contribution in [3.8, 4) is 0 Å². The van der Waals surface area contributed by atoms with Gasteiger partial charge in [-0.05, 0) is 42.5 Å². The third-order valence-electron chi connectivity index (χ3n) is 3.24. The standard InChI is InChI=1S/C9H8F2O2.C9H10F2O/c10-7-3-1-6(8(11)5-7)2-4-9(12)13;10-8-4-3-7(2-1-5-12)9(11)6-8/h1,3,5H,2,4H2,(H,12,13);3-4,6,12H,1-2,5H2. The van der Waals surface area contributed by atoms with Crippen molar-refractivity contribution in [2.75, 3.05) is 6.61 Å². The van der Waals surface area contributed by atoms with E-state index in [1.807, 2.05) is 0 Å². The normalized spacial score (nSPS) is 10.1. The molecule has 0 aliphatic rings. The van der Waals surface area contributed by atoms with Gasteiger partial charge in [-0.1, -0.05) is 12.1 Å². The largest absolute Gasteiger partial charge is 0.481 e. The van der Waals surface area contributed by atoms with Crippen molar-refractivity contribution >= 4 is 5.97 Å². The van der Waals surface area contributed by atoms with Crippen molar-refractivity contribution in [2.24, 2.45) is 0 Å². The first-order valence-corrected chi connectivity index (χ1v) is 7.54. The monoisotopic (exact) mass is 358 g/mol. The van der Waals surface area contributed by atoms with Crippen LogP contribution in [0.15, 0.2) is 36.4 Å². The zero-order chi connectivity index (χ0) is 18.8. The number of aryl methyl sites for hydroxylation is 2. The Morgan fingerprint density at radius 2 is 1.32 bits per heavy atom. The minimum atomic E-state index is -0.997. The van der Waals surface area contributed by atoms with Crippen molar-refractivity contribution in [1.29, 1.82) is 0 Å². The van der Waals surface area contributed by atoms with Gasteiger partial charge in [-0.25, -0.2) is 17.6 Å². The maximum absolute atomic E-state index is 12.9. The second-order valence-electron chi connectivity index (χ2n) is 5.19. The van der Waals surface area contributed by atoms with Gasteiger partial charge >= 0.3 is 5.97 Å². The SMILES string of the molecule is O=C(O)CCc1ccc(F)cc1F.OCCCc1ccc(F)cc1F. The molecule has 0 heterocycles. The average molecular weight is 358 g/mol. The van der Waals surface area contributed by atoms with Crippen LogP contribution in [0.1, 0.15) is 24.0 Å². The summed E-state index contributed by atoms with van der Waals surface area (Å²) in [7, 11) is 0. The molecule has 0 aliphatic heterocycles. The molecule has 0 atom stereocenters. The highest BCUT2D eigenvalue weighted by atomic mass is 19.1. The zero-order valence-corrected chi connectivity index (χ0v) is 13.3. The van der Waals surface area contributed by atoms with Crippen LogP contribution in [0.2, 0.25) is 0 Å². The summed E-state index contributed by atoms with van der Waals surface area (Å²) >= 11 is 0. The first-order chi connectivity index (χ1) is 11.8. The predicted octanol–water partition coefficient (Wildman–Crippen LogP) is 3.87. The van der Waals surface area contributed by atoms with Gasteiger partial charge in [0.2, 0.25) is 0 Å². The van der Waals surface area contributed by atoms with E-state index in [0.717, 1.165) is 18.2 Å². The molecular weight excluding hydrogens is 340 g/mol. The number of hydrogen-bond acceptors (Lipinski definition) is 2. The van der Waals surface area contributed by atoms with Crippen LogP contribution >= 0.6 is 0 Å². The van der Waals surface area contributed by atoms with Gasteiger partial charge in [0.1, 0.15) is 23.3 Å². The first kappa shape index (κ1) is 20.6. The number of aliphatic hydroxyl groups is 1. The molecule has 25 heavy (non-hydrogen) atoms. The molecule has 0 aliphatic carbocycles. The molecule has 0 amide bonds. The number of carboxylic acids is 1. The lowest BCUT2D eigenvalue weighted by molar-refractivity contribution is -0.136. The quantitative estimate of drug-likeness (QED) is 0.771. The van der Waals surface area contributed by atoms with Crippen LogP contribution in [0.4, 0.5) is 17.6 Å². The van der Waals surface area contributed by atoms with E-state index in [1.165, 1.54) is 18.2 Å². The van der Waals surface area contributed by atoms with Gasteiger partial charge < -0.3 is 10.2 Å². The average Bonchev–Trinajstić information content (AvgIpc) is 2.54. The molecule has 0 bridgehead atoms. The van der Waals surface area contributed by atoms with Crippen LogP contribution in [-0.4, -0.2) is 22.8 Å². The number of carbonyl (C=O) groups is 1. The van der Waals surface area contributed by atoms with E-state index in [2.05, 4.69) is 0 Å². The molecule has 2 rings (SSSR count). The van der Waals surface area contributed by atoms with Gasteiger partial charge in [-0.15, -0.1) is 0 Å². The summed E-state index contributed by atoms with van der Waals surface area (Å²) in [5.74, 6) is -3.45. The van der Waals surface area contributed by atoms with E-state index < -0.39 is 29.2 Å². The zero-order valence-electron chi connectivity index (χ0n) is 13.3. The summed E-state index contributed by atoms with van der Waals surface area (Å²) in [5, 5.41) is 16.8. The molecule has 0 fully saturated rings. The molecule has 2 aromatic rings. The summed E-state index contributed by atoms with van der Waals surface area (Å²) in [6, 6.07) is 6.59. The Labute approximate surface area is 142 Å². The number of rotatable bonds is 6. The van der Waals surface area contributed by atoms with Crippen LogP contribution in [0.3, 0.4) is 0 Å². The highest BCUT2D eigenvalue weighted by Crippen LogP contribution is 2.12. The third-order valence-corrected chi connectivity index (χ3v) is 3.24. The van der Waals surface area contributed by atoms with Crippen molar-refractivity contribution in [2.45, 2.75) is 25.7 Å².